The highest BCUT2D eigenvalue weighted by Gasteiger charge is 2.17. The molecule has 0 bridgehead atoms. The minimum absolute atomic E-state index is 0.117. The van der Waals surface area contributed by atoms with E-state index in [1.54, 1.807) is 24.1 Å². The lowest BCUT2D eigenvalue weighted by Gasteiger charge is -2.25. The summed E-state index contributed by atoms with van der Waals surface area (Å²) in [6, 6.07) is 8.42. The van der Waals surface area contributed by atoms with Crippen LogP contribution in [-0.4, -0.2) is 28.1 Å². The molecule has 112 valence electrons. The summed E-state index contributed by atoms with van der Waals surface area (Å²) in [5.74, 6) is -0.494. The number of nitrogens with zero attached hydrogens (tertiary/aromatic N) is 4. The monoisotopic (exact) mass is 297 g/mol. The Morgan fingerprint density at radius 3 is 2.82 bits per heavy atom. The van der Waals surface area contributed by atoms with Gasteiger partial charge in [-0.15, -0.1) is 0 Å². The van der Waals surface area contributed by atoms with Crippen LogP contribution in [0.5, 0.6) is 0 Å². The minimum atomic E-state index is -0.976. The molecule has 7 nitrogen and oxygen atoms in total. The van der Waals surface area contributed by atoms with Crippen LogP contribution in [0.3, 0.4) is 0 Å². The van der Waals surface area contributed by atoms with Gasteiger partial charge < -0.3 is 15.7 Å². The highest BCUT2D eigenvalue weighted by Crippen LogP contribution is 2.24. The second-order valence-corrected chi connectivity index (χ2v) is 4.80. The Hall–Kier alpha value is -3.14. The maximum atomic E-state index is 11.0. The summed E-state index contributed by atoms with van der Waals surface area (Å²) in [4.78, 5) is 21.0. The molecule has 0 saturated heterocycles. The number of carboxylic acids is 1. The molecule has 1 unspecified atom stereocenters. The maximum absolute atomic E-state index is 11.0. The van der Waals surface area contributed by atoms with E-state index in [1.807, 2.05) is 19.1 Å². The number of hydrogen-bond donors (Lipinski definition) is 2. The molecule has 1 heterocycles. The van der Waals surface area contributed by atoms with E-state index in [0.717, 1.165) is 5.56 Å². The number of rotatable bonds is 4. The zero-order valence-corrected chi connectivity index (χ0v) is 12.2. The number of nitrogen functional groups attached to an aromatic ring is 1. The van der Waals surface area contributed by atoms with E-state index in [0.29, 0.717) is 5.95 Å². The molecule has 0 saturated carbocycles. The molecule has 22 heavy (non-hydrogen) atoms. The number of aromatic carboxylic acids is 1. The fourth-order valence-electron chi connectivity index (χ4n) is 1.97. The van der Waals surface area contributed by atoms with Crippen molar-refractivity contribution in [1.82, 2.24) is 9.97 Å². The van der Waals surface area contributed by atoms with Crippen LogP contribution < -0.4 is 10.6 Å². The summed E-state index contributed by atoms with van der Waals surface area (Å²) >= 11 is 0. The molecule has 7 heteroatoms. The standard InChI is InChI=1S/C15H15N5O2/c1-9(10-4-3-5-11(6-10)14(21)22)20(2)15-18-8-12(7-16)13(17)19-15/h3-6,8-9H,1-2H3,(H,21,22)(H2,17,18,19). The van der Waals surface area contributed by atoms with Gasteiger partial charge >= 0.3 is 5.97 Å². The van der Waals surface area contributed by atoms with E-state index in [2.05, 4.69) is 9.97 Å². The third kappa shape index (κ3) is 2.96. The number of carbonyl (C=O) groups is 1. The molecule has 0 fully saturated rings. The number of hydrogen-bond acceptors (Lipinski definition) is 6. The van der Waals surface area contributed by atoms with Crippen molar-refractivity contribution in [3.63, 3.8) is 0 Å². The zero-order chi connectivity index (χ0) is 16.3. The summed E-state index contributed by atoms with van der Waals surface area (Å²) < 4.78 is 0. The Morgan fingerprint density at radius 1 is 1.50 bits per heavy atom. The summed E-state index contributed by atoms with van der Waals surface area (Å²) in [5.41, 5.74) is 6.95. The first-order valence-electron chi connectivity index (χ1n) is 6.52. The molecule has 2 aromatic rings. The number of nitrogens with two attached hydrogens (primary N) is 1. The number of aromatic nitrogens is 2. The van der Waals surface area contributed by atoms with E-state index in [9.17, 15) is 4.79 Å². The second kappa shape index (κ2) is 6.10. The average Bonchev–Trinajstić information content (AvgIpc) is 2.53. The molecule has 0 radical (unpaired) electrons. The quantitative estimate of drug-likeness (QED) is 0.884. The highest BCUT2D eigenvalue weighted by atomic mass is 16.4. The summed E-state index contributed by atoms with van der Waals surface area (Å²) in [6.45, 7) is 1.90. The van der Waals surface area contributed by atoms with Crippen molar-refractivity contribution in [2.75, 3.05) is 17.7 Å². The third-order valence-electron chi connectivity index (χ3n) is 3.44. The Bertz CT molecular complexity index is 754. The molecule has 1 aromatic carbocycles. The normalized spacial score (nSPS) is 11.5. The second-order valence-electron chi connectivity index (χ2n) is 4.80. The molecule has 1 atom stereocenters. The van der Waals surface area contributed by atoms with Gasteiger partial charge in [-0.25, -0.2) is 9.78 Å². The van der Waals surface area contributed by atoms with Crippen LogP contribution in [0, 0.1) is 11.3 Å². The van der Waals surface area contributed by atoms with Gasteiger partial charge in [0.2, 0.25) is 5.95 Å². The lowest BCUT2D eigenvalue weighted by atomic mass is 10.0. The molecule has 3 N–H and O–H groups in total. The summed E-state index contributed by atoms with van der Waals surface area (Å²) in [5, 5.41) is 17.9. The smallest absolute Gasteiger partial charge is 0.335 e. The van der Waals surface area contributed by atoms with Crippen molar-refractivity contribution >= 4 is 17.7 Å². The Balaban J connectivity index is 2.31. The van der Waals surface area contributed by atoms with Gasteiger partial charge in [0.1, 0.15) is 17.5 Å². The molecule has 0 spiro atoms. The van der Waals surface area contributed by atoms with Crippen molar-refractivity contribution in [2.24, 2.45) is 0 Å². The van der Waals surface area contributed by atoms with Crippen molar-refractivity contribution in [3.05, 3.63) is 47.2 Å². The van der Waals surface area contributed by atoms with Crippen molar-refractivity contribution < 1.29 is 9.90 Å². The van der Waals surface area contributed by atoms with Crippen LogP contribution in [0.25, 0.3) is 0 Å². The van der Waals surface area contributed by atoms with E-state index >= 15 is 0 Å². The maximum Gasteiger partial charge on any atom is 0.335 e. The van der Waals surface area contributed by atoms with Gasteiger partial charge in [0, 0.05) is 7.05 Å². The number of carboxylic acid groups (broad SMARTS) is 1. The van der Waals surface area contributed by atoms with Crippen LogP contribution in [0.4, 0.5) is 11.8 Å². The molecule has 0 aliphatic carbocycles. The first-order chi connectivity index (χ1) is 10.4. The van der Waals surface area contributed by atoms with E-state index < -0.39 is 5.97 Å². The van der Waals surface area contributed by atoms with Gasteiger partial charge in [-0.3, -0.25) is 0 Å². The fourth-order valence-corrected chi connectivity index (χ4v) is 1.97. The van der Waals surface area contributed by atoms with E-state index in [-0.39, 0.29) is 23.0 Å². The van der Waals surface area contributed by atoms with E-state index in [1.165, 1.54) is 12.3 Å². The fraction of sp³-hybridized carbons (Fsp3) is 0.200. The molecule has 0 amide bonds. The van der Waals surface area contributed by atoms with Crippen LogP contribution in [-0.2, 0) is 0 Å². The molecule has 0 aliphatic heterocycles. The predicted molar refractivity (Wildman–Crippen MR) is 81.4 cm³/mol. The third-order valence-corrected chi connectivity index (χ3v) is 3.44. The van der Waals surface area contributed by atoms with Crippen molar-refractivity contribution in [3.8, 4) is 6.07 Å². The van der Waals surface area contributed by atoms with Crippen molar-refractivity contribution in [2.45, 2.75) is 13.0 Å². The van der Waals surface area contributed by atoms with Crippen molar-refractivity contribution in [1.29, 1.82) is 5.26 Å². The molecule has 1 aromatic heterocycles. The Kier molecular flexibility index (Phi) is 4.23. The molecular weight excluding hydrogens is 282 g/mol. The largest absolute Gasteiger partial charge is 0.478 e. The SMILES string of the molecule is CC(c1cccc(C(=O)O)c1)N(C)c1ncc(C#N)c(N)n1. The van der Waals surface area contributed by atoms with Crippen LogP contribution >= 0.6 is 0 Å². The van der Waals surface area contributed by atoms with Gasteiger partial charge in [0.05, 0.1) is 17.8 Å². The van der Waals surface area contributed by atoms with Gasteiger partial charge in [-0.05, 0) is 24.6 Å². The number of benzene rings is 1. The topological polar surface area (TPSA) is 116 Å². The predicted octanol–water partition coefficient (Wildman–Crippen LogP) is 1.83. The van der Waals surface area contributed by atoms with Gasteiger partial charge in [0.15, 0.2) is 0 Å². The van der Waals surface area contributed by atoms with Crippen LogP contribution in [0.15, 0.2) is 30.5 Å². The van der Waals surface area contributed by atoms with Crippen LogP contribution in [0.2, 0.25) is 0 Å². The lowest BCUT2D eigenvalue weighted by molar-refractivity contribution is 0.0696. The number of anilines is 2. The summed E-state index contributed by atoms with van der Waals surface area (Å²) in [6.07, 6.45) is 1.37. The minimum Gasteiger partial charge on any atom is -0.478 e. The first kappa shape index (κ1) is 15.3. The molecular formula is C15H15N5O2. The lowest BCUT2D eigenvalue weighted by Crippen LogP contribution is -2.24. The van der Waals surface area contributed by atoms with Gasteiger partial charge in [-0.2, -0.15) is 10.2 Å². The van der Waals surface area contributed by atoms with Gasteiger partial charge in [0.25, 0.3) is 0 Å². The highest BCUT2D eigenvalue weighted by molar-refractivity contribution is 5.87. The summed E-state index contributed by atoms with van der Waals surface area (Å²) in [7, 11) is 1.78. The number of nitriles is 1. The first-order valence-corrected chi connectivity index (χ1v) is 6.52. The average molecular weight is 297 g/mol. The van der Waals surface area contributed by atoms with E-state index in [4.69, 9.17) is 16.1 Å². The van der Waals surface area contributed by atoms with Crippen LogP contribution in [0.1, 0.15) is 34.5 Å². The molecule has 2 rings (SSSR count). The van der Waals surface area contributed by atoms with Gasteiger partial charge in [-0.1, -0.05) is 12.1 Å². The Morgan fingerprint density at radius 2 is 2.23 bits per heavy atom. The zero-order valence-electron chi connectivity index (χ0n) is 12.2. The Labute approximate surface area is 127 Å². The molecule has 0 aliphatic rings.